The molecule has 0 amide bonds. The van der Waals surface area contributed by atoms with Crippen molar-refractivity contribution in [3.63, 3.8) is 0 Å². The Bertz CT molecular complexity index is 1440. The van der Waals surface area contributed by atoms with Crippen LogP contribution in [-0.2, 0) is 0 Å². The number of phenols is 1. The lowest BCUT2D eigenvalue weighted by atomic mass is 10.0. The van der Waals surface area contributed by atoms with Crippen LogP contribution in [0.3, 0.4) is 0 Å². The van der Waals surface area contributed by atoms with Gasteiger partial charge in [0.25, 0.3) is 0 Å². The largest absolute Gasteiger partial charge is 0.505 e. The minimum atomic E-state index is -1.23. The molecule has 0 aliphatic carbocycles. The molecule has 0 aliphatic heterocycles. The van der Waals surface area contributed by atoms with E-state index in [1.807, 2.05) is 36.4 Å². The highest BCUT2D eigenvalue weighted by molar-refractivity contribution is 6.04. The number of hydrogen-bond donors (Lipinski definition) is 2. The molecule has 0 fully saturated rings. The van der Waals surface area contributed by atoms with Crippen molar-refractivity contribution < 1.29 is 19.4 Å². The maximum atomic E-state index is 11.5. The second-order valence-corrected chi connectivity index (χ2v) is 6.88. The molecule has 5 aromatic rings. The molecular weight excluding hydrogens is 394 g/mol. The fourth-order valence-corrected chi connectivity index (χ4v) is 3.36. The van der Waals surface area contributed by atoms with Crippen LogP contribution in [0.5, 0.6) is 5.75 Å². The number of carbonyl (C=O) groups is 1. The molecule has 7 nitrogen and oxygen atoms in total. The van der Waals surface area contributed by atoms with Crippen molar-refractivity contribution in [3.05, 3.63) is 84.4 Å². The molecular formula is C24H15N3O4. The first-order valence-electron chi connectivity index (χ1n) is 9.46. The number of benzene rings is 4. The van der Waals surface area contributed by atoms with Crippen LogP contribution >= 0.6 is 0 Å². The van der Waals surface area contributed by atoms with Crippen molar-refractivity contribution in [2.75, 3.05) is 0 Å². The summed E-state index contributed by atoms with van der Waals surface area (Å²) < 4.78 is 5.77. The molecule has 0 saturated carbocycles. The second-order valence-electron chi connectivity index (χ2n) is 6.88. The van der Waals surface area contributed by atoms with E-state index in [0.29, 0.717) is 27.9 Å². The number of nitrogens with zero attached hydrogens (tertiary/aromatic N) is 3. The van der Waals surface area contributed by atoms with Gasteiger partial charge in [-0.1, -0.05) is 36.4 Å². The van der Waals surface area contributed by atoms with Gasteiger partial charge in [0.15, 0.2) is 11.3 Å². The molecule has 4 aromatic carbocycles. The van der Waals surface area contributed by atoms with Gasteiger partial charge in [-0.2, -0.15) is 5.11 Å². The number of azo groups is 1. The van der Waals surface area contributed by atoms with Gasteiger partial charge in [0, 0.05) is 10.9 Å². The summed E-state index contributed by atoms with van der Waals surface area (Å²) in [5, 5.41) is 29.4. The Morgan fingerprint density at radius 1 is 0.903 bits per heavy atom. The topological polar surface area (TPSA) is 108 Å². The molecule has 0 radical (unpaired) electrons. The van der Waals surface area contributed by atoms with Crippen molar-refractivity contribution >= 4 is 39.2 Å². The minimum absolute atomic E-state index is 0.110. The number of fused-ring (bicyclic) bond motifs is 2. The summed E-state index contributed by atoms with van der Waals surface area (Å²) in [5.74, 6) is -1.15. The maximum absolute atomic E-state index is 11.5. The summed E-state index contributed by atoms with van der Waals surface area (Å²) in [6.07, 6.45) is 0. The number of rotatable bonds is 4. The van der Waals surface area contributed by atoms with Gasteiger partial charge in [0.2, 0.25) is 5.89 Å². The zero-order valence-corrected chi connectivity index (χ0v) is 16.1. The zero-order chi connectivity index (χ0) is 21.4. The lowest BCUT2D eigenvalue weighted by Gasteiger charge is -2.07. The maximum Gasteiger partial charge on any atom is 0.339 e. The zero-order valence-electron chi connectivity index (χ0n) is 16.1. The predicted molar refractivity (Wildman–Crippen MR) is 116 cm³/mol. The van der Waals surface area contributed by atoms with E-state index in [9.17, 15) is 15.0 Å². The normalized spacial score (nSPS) is 11.5. The highest BCUT2D eigenvalue weighted by Gasteiger charge is 2.17. The molecule has 31 heavy (non-hydrogen) atoms. The Morgan fingerprint density at radius 2 is 1.65 bits per heavy atom. The van der Waals surface area contributed by atoms with Crippen LogP contribution in [-0.4, -0.2) is 21.2 Å². The number of carboxylic acid groups (broad SMARTS) is 1. The van der Waals surface area contributed by atoms with Crippen molar-refractivity contribution in [1.29, 1.82) is 0 Å². The van der Waals surface area contributed by atoms with Crippen LogP contribution < -0.4 is 0 Å². The summed E-state index contributed by atoms with van der Waals surface area (Å²) in [7, 11) is 0. The lowest BCUT2D eigenvalue weighted by molar-refractivity contribution is 0.0694. The molecule has 0 aliphatic rings. The summed E-state index contributed by atoms with van der Waals surface area (Å²) in [6.45, 7) is 0. The Hall–Kier alpha value is -4.52. The van der Waals surface area contributed by atoms with Crippen molar-refractivity contribution in [1.82, 2.24) is 4.98 Å². The summed E-state index contributed by atoms with van der Waals surface area (Å²) in [4.78, 5) is 16.0. The van der Waals surface area contributed by atoms with E-state index in [1.165, 1.54) is 6.07 Å². The number of oxazole rings is 1. The van der Waals surface area contributed by atoms with Gasteiger partial charge < -0.3 is 14.6 Å². The number of aromatic nitrogens is 1. The van der Waals surface area contributed by atoms with Crippen LogP contribution in [0.1, 0.15) is 10.4 Å². The molecule has 0 saturated heterocycles. The number of para-hydroxylation sites is 2. The number of aromatic carboxylic acids is 1. The molecule has 150 valence electrons. The molecule has 2 N–H and O–H groups in total. The molecule has 7 heteroatoms. The number of aromatic hydroxyl groups is 1. The Balaban J connectivity index is 1.50. The van der Waals surface area contributed by atoms with Gasteiger partial charge in [-0.05, 0) is 47.9 Å². The number of carboxylic acids is 1. The van der Waals surface area contributed by atoms with E-state index in [1.54, 1.807) is 36.4 Å². The van der Waals surface area contributed by atoms with Crippen molar-refractivity contribution in [2.45, 2.75) is 0 Å². The molecule has 0 bridgehead atoms. The van der Waals surface area contributed by atoms with Crippen LogP contribution in [0.2, 0.25) is 0 Å². The first-order valence-corrected chi connectivity index (χ1v) is 9.46. The lowest BCUT2D eigenvalue weighted by Crippen LogP contribution is -1.97. The van der Waals surface area contributed by atoms with E-state index in [4.69, 9.17) is 4.42 Å². The van der Waals surface area contributed by atoms with Crippen molar-refractivity contribution in [2.24, 2.45) is 10.2 Å². The first kappa shape index (κ1) is 18.5. The van der Waals surface area contributed by atoms with Crippen LogP contribution in [0.15, 0.2) is 93.5 Å². The quantitative estimate of drug-likeness (QED) is 0.331. The molecule has 5 rings (SSSR count). The van der Waals surface area contributed by atoms with Gasteiger partial charge >= 0.3 is 5.97 Å². The van der Waals surface area contributed by atoms with Gasteiger partial charge in [0.05, 0.1) is 5.69 Å². The fraction of sp³-hybridized carbons (Fsp3) is 0. The second kappa shape index (κ2) is 7.38. The van der Waals surface area contributed by atoms with E-state index in [2.05, 4.69) is 15.2 Å². The highest BCUT2D eigenvalue weighted by Crippen LogP contribution is 2.39. The average molecular weight is 409 g/mol. The summed E-state index contributed by atoms with van der Waals surface area (Å²) in [6, 6.07) is 23.1. The third-order valence-electron chi connectivity index (χ3n) is 4.90. The molecule has 1 heterocycles. The highest BCUT2D eigenvalue weighted by atomic mass is 16.4. The van der Waals surface area contributed by atoms with Crippen LogP contribution in [0.25, 0.3) is 33.3 Å². The molecule has 0 spiro atoms. The molecule has 1 aromatic heterocycles. The average Bonchev–Trinajstić information content (AvgIpc) is 3.22. The van der Waals surface area contributed by atoms with E-state index in [0.717, 1.165) is 11.1 Å². The summed E-state index contributed by atoms with van der Waals surface area (Å²) in [5.41, 5.74) is 2.70. The first-order chi connectivity index (χ1) is 15.1. The van der Waals surface area contributed by atoms with Gasteiger partial charge in [-0.3, -0.25) is 0 Å². The monoisotopic (exact) mass is 409 g/mol. The standard InChI is InChI=1S/C24H15N3O4/c28-22-18(24(29)30)13-15-5-1-2-6-17(15)21(22)27-26-16-11-9-14(10-12-16)23-25-19-7-3-4-8-20(19)31-23/h1-13,28H,(H,29,30). The van der Waals surface area contributed by atoms with Crippen LogP contribution in [0, 0.1) is 0 Å². The summed E-state index contributed by atoms with van der Waals surface area (Å²) >= 11 is 0. The van der Waals surface area contributed by atoms with E-state index >= 15 is 0 Å². The van der Waals surface area contributed by atoms with Gasteiger partial charge in [0.1, 0.15) is 16.8 Å². The van der Waals surface area contributed by atoms with E-state index in [-0.39, 0.29) is 11.3 Å². The SMILES string of the molecule is O=C(O)c1cc2ccccc2c(N=Nc2ccc(-c3nc4ccccc4o3)cc2)c1O. The van der Waals surface area contributed by atoms with Gasteiger partial charge in [-0.25, -0.2) is 9.78 Å². The predicted octanol–water partition coefficient (Wildman–Crippen LogP) is 6.47. The van der Waals surface area contributed by atoms with E-state index < -0.39 is 11.7 Å². The Labute approximate surface area is 175 Å². The smallest absolute Gasteiger partial charge is 0.339 e. The van der Waals surface area contributed by atoms with Gasteiger partial charge in [-0.15, -0.1) is 5.11 Å². The molecule has 0 unspecified atom stereocenters. The van der Waals surface area contributed by atoms with Crippen molar-refractivity contribution in [3.8, 4) is 17.2 Å². The minimum Gasteiger partial charge on any atom is -0.505 e. The Kier molecular flexibility index (Phi) is 4.41. The molecule has 0 atom stereocenters. The number of hydrogen-bond acceptors (Lipinski definition) is 6. The third kappa shape index (κ3) is 3.38. The third-order valence-corrected chi connectivity index (χ3v) is 4.90. The van der Waals surface area contributed by atoms with Crippen LogP contribution in [0.4, 0.5) is 11.4 Å². The fourth-order valence-electron chi connectivity index (χ4n) is 3.36. The Morgan fingerprint density at radius 3 is 2.42 bits per heavy atom.